The number of nitrogens with two attached hydrogens (primary N) is 1. The monoisotopic (exact) mass is 313 g/mol. The maximum Gasteiger partial charge on any atom is 0.269 e. The number of piperazine rings is 1. The van der Waals surface area contributed by atoms with E-state index in [1.165, 1.54) is 0 Å². The highest BCUT2D eigenvalue weighted by molar-refractivity contribution is 9.10. The maximum atomic E-state index is 12.1. The van der Waals surface area contributed by atoms with Gasteiger partial charge in [0.1, 0.15) is 5.82 Å². The minimum atomic E-state index is -0.217. The Morgan fingerprint density at radius 3 is 2.78 bits per heavy atom. The number of pyridine rings is 1. The molecular formula is C11H16BrN5O. The third kappa shape index (κ3) is 3.18. The SMILES string of the molecule is CN1CCN(NC(=O)c2cc(Br)cnc2N)CC1. The number of hydrogen-bond acceptors (Lipinski definition) is 5. The van der Waals surface area contributed by atoms with Gasteiger partial charge in [-0.25, -0.2) is 9.99 Å². The molecule has 1 aliphatic heterocycles. The van der Waals surface area contributed by atoms with Crippen molar-refractivity contribution >= 4 is 27.7 Å². The molecule has 0 saturated carbocycles. The lowest BCUT2D eigenvalue weighted by Gasteiger charge is -2.32. The lowest BCUT2D eigenvalue weighted by atomic mass is 10.2. The first kappa shape index (κ1) is 13.3. The quantitative estimate of drug-likeness (QED) is 0.822. The van der Waals surface area contributed by atoms with Crippen LogP contribution in [-0.4, -0.2) is 54.0 Å². The Morgan fingerprint density at radius 1 is 1.44 bits per heavy atom. The summed E-state index contributed by atoms with van der Waals surface area (Å²) in [6, 6.07) is 1.67. The smallest absolute Gasteiger partial charge is 0.269 e. The van der Waals surface area contributed by atoms with Gasteiger partial charge < -0.3 is 10.6 Å². The zero-order chi connectivity index (χ0) is 13.1. The molecule has 0 bridgehead atoms. The number of hydrazine groups is 1. The molecule has 1 amide bonds. The van der Waals surface area contributed by atoms with Crippen LogP contribution in [0.4, 0.5) is 5.82 Å². The molecule has 7 heteroatoms. The Balaban J connectivity index is 2.01. The number of carbonyl (C=O) groups excluding carboxylic acids is 1. The van der Waals surface area contributed by atoms with Gasteiger partial charge in [-0.2, -0.15) is 0 Å². The van der Waals surface area contributed by atoms with Crippen molar-refractivity contribution in [1.82, 2.24) is 20.3 Å². The Hall–Kier alpha value is -1.18. The predicted octanol–water partition coefficient (Wildman–Crippen LogP) is 0.318. The molecule has 3 N–H and O–H groups in total. The first-order chi connectivity index (χ1) is 8.56. The van der Waals surface area contributed by atoms with Crippen LogP contribution in [0.2, 0.25) is 0 Å². The molecule has 6 nitrogen and oxygen atoms in total. The number of anilines is 1. The fourth-order valence-electron chi connectivity index (χ4n) is 1.75. The van der Waals surface area contributed by atoms with Crippen LogP contribution in [0.25, 0.3) is 0 Å². The van der Waals surface area contributed by atoms with Gasteiger partial charge in [-0.3, -0.25) is 10.2 Å². The second-order valence-corrected chi connectivity index (χ2v) is 5.23. The van der Waals surface area contributed by atoms with Gasteiger partial charge in [-0.15, -0.1) is 0 Å². The number of carbonyl (C=O) groups is 1. The highest BCUT2D eigenvalue weighted by Gasteiger charge is 2.18. The summed E-state index contributed by atoms with van der Waals surface area (Å²) in [6.45, 7) is 3.49. The number of likely N-dealkylation sites (N-methyl/N-ethyl adjacent to an activating group) is 1. The van der Waals surface area contributed by atoms with Gasteiger partial charge in [0.2, 0.25) is 0 Å². The molecule has 98 valence electrons. The van der Waals surface area contributed by atoms with Crippen LogP contribution in [0.5, 0.6) is 0 Å². The summed E-state index contributed by atoms with van der Waals surface area (Å²) in [7, 11) is 2.06. The van der Waals surface area contributed by atoms with Gasteiger partial charge in [0.15, 0.2) is 0 Å². The number of nitrogens with one attached hydrogen (secondary N) is 1. The standard InChI is InChI=1S/C11H16BrN5O/c1-16-2-4-17(5-3-16)15-11(18)9-6-8(12)7-14-10(9)13/h6-7H,2-5H2,1H3,(H2,13,14)(H,15,18). The first-order valence-electron chi connectivity index (χ1n) is 5.72. The van der Waals surface area contributed by atoms with E-state index < -0.39 is 0 Å². The average molecular weight is 314 g/mol. The van der Waals surface area contributed by atoms with Gasteiger partial charge in [0.05, 0.1) is 5.56 Å². The van der Waals surface area contributed by atoms with Crippen molar-refractivity contribution in [3.8, 4) is 0 Å². The molecule has 1 saturated heterocycles. The molecule has 0 spiro atoms. The molecule has 18 heavy (non-hydrogen) atoms. The maximum absolute atomic E-state index is 12.1. The third-order valence-corrected chi connectivity index (χ3v) is 3.33. The van der Waals surface area contributed by atoms with Crippen LogP contribution in [0.3, 0.4) is 0 Å². The van der Waals surface area contributed by atoms with E-state index in [2.05, 4.69) is 38.3 Å². The van der Waals surface area contributed by atoms with Crippen LogP contribution in [0.15, 0.2) is 16.7 Å². The van der Waals surface area contributed by atoms with Crippen molar-refractivity contribution in [3.05, 3.63) is 22.3 Å². The molecule has 2 rings (SSSR count). The van der Waals surface area contributed by atoms with E-state index in [0.717, 1.165) is 30.7 Å². The molecule has 0 radical (unpaired) electrons. The molecular weight excluding hydrogens is 298 g/mol. The lowest BCUT2D eigenvalue weighted by Crippen LogP contribution is -2.52. The van der Waals surface area contributed by atoms with Gasteiger partial charge in [0.25, 0.3) is 5.91 Å². The second-order valence-electron chi connectivity index (χ2n) is 4.32. The highest BCUT2D eigenvalue weighted by Crippen LogP contribution is 2.15. The number of amides is 1. The zero-order valence-corrected chi connectivity index (χ0v) is 11.8. The number of nitrogen functional groups attached to an aromatic ring is 1. The number of aromatic nitrogens is 1. The van der Waals surface area contributed by atoms with Crippen LogP contribution in [0.1, 0.15) is 10.4 Å². The van der Waals surface area contributed by atoms with E-state index in [1.54, 1.807) is 12.3 Å². The van der Waals surface area contributed by atoms with Crippen molar-refractivity contribution in [2.45, 2.75) is 0 Å². The van der Waals surface area contributed by atoms with Crippen molar-refractivity contribution in [2.24, 2.45) is 0 Å². The highest BCUT2D eigenvalue weighted by atomic mass is 79.9. The van der Waals surface area contributed by atoms with Crippen molar-refractivity contribution in [3.63, 3.8) is 0 Å². The molecule has 0 atom stereocenters. The lowest BCUT2D eigenvalue weighted by molar-refractivity contribution is 0.0663. The van der Waals surface area contributed by atoms with Gasteiger partial charge in [0, 0.05) is 36.8 Å². The first-order valence-corrected chi connectivity index (χ1v) is 6.51. The van der Waals surface area contributed by atoms with Crippen LogP contribution < -0.4 is 11.2 Å². The minimum absolute atomic E-state index is 0.217. The molecule has 1 aliphatic rings. The molecule has 1 fully saturated rings. The van der Waals surface area contributed by atoms with Crippen LogP contribution in [-0.2, 0) is 0 Å². The zero-order valence-electron chi connectivity index (χ0n) is 10.2. The third-order valence-electron chi connectivity index (χ3n) is 2.89. The van der Waals surface area contributed by atoms with Crippen LogP contribution >= 0.6 is 15.9 Å². The Labute approximate surface area is 114 Å². The summed E-state index contributed by atoms with van der Waals surface area (Å²) < 4.78 is 0.736. The van der Waals surface area contributed by atoms with Crippen molar-refractivity contribution in [2.75, 3.05) is 39.0 Å². The van der Waals surface area contributed by atoms with E-state index in [1.807, 2.05) is 5.01 Å². The van der Waals surface area contributed by atoms with Crippen molar-refractivity contribution in [1.29, 1.82) is 0 Å². The second kappa shape index (κ2) is 5.64. The van der Waals surface area contributed by atoms with Gasteiger partial charge in [-0.05, 0) is 29.0 Å². The number of rotatable bonds is 2. The van der Waals surface area contributed by atoms with Crippen molar-refractivity contribution < 1.29 is 4.79 Å². The molecule has 1 aromatic rings. The molecule has 0 unspecified atom stereocenters. The Bertz CT molecular complexity index is 445. The normalized spacial score (nSPS) is 17.7. The van der Waals surface area contributed by atoms with Gasteiger partial charge in [-0.1, -0.05) is 0 Å². The van der Waals surface area contributed by atoms with E-state index in [4.69, 9.17) is 5.73 Å². The summed E-state index contributed by atoms with van der Waals surface area (Å²) in [6.07, 6.45) is 1.57. The Morgan fingerprint density at radius 2 is 2.11 bits per heavy atom. The topological polar surface area (TPSA) is 74.5 Å². The number of nitrogens with zero attached hydrogens (tertiary/aromatic N) is 3. The number of halogens is 1. The predicted molar refractivity (Wildman–Crippen MR) is 72.9 cm³/mol. The average Bonchev–Trinajstić information content (AvgIpc) is 2.35. The van der Waals surface area contributed by atoms with Crippen LogP contribution in [0, 0.1) is 0 Å². The molecule has 0 aliphatic carbocycles. The minimum Gasteiger partial charge on any atom is -0.383 e. The van der Waals surface area contributed by atoms with E-state index in [9.17, 15) is 4.79 Å². The summed E-state index contributed by atoms with van der Waals surface area (Å²) in [5.74, 6) is 0.0238. The fourth-order valence-corrected chi connectivity index (χ4v) is 2.09. The molecule has 2 heterocycles. The molecule has 0 aromatic carbocycles. The summed E-state index contributed by atoms with van der Waals surface area (Å²) in [5.41, 5.74) is 8.94. The summed E-state index contributed by atoms with van der Waals surface area (Å²) in [4.78, 5) is 18.2. The van der Waals surface area contributed by atoms with E-state index in [-0.39, 0.29) is 11.7 Å². The fraction of sp³-hybridized carbons (Fsp3) is 0.455. The van der Waals surface area contributed by atoms with E-state index in [0.29, 0.717) is 5.56 Å². The number of hydrogen-bond donors (Lipinski definition) is 2. The molecule has 1 aromatic heterocycles. The van der Waals surface area contributed by atoms with Gasteiger partial charge >= 0.3 is 0 Å². The summed E-state index contributed by atoms with van der Waals surface area (Å²) in [5, 5.41) is 1.91. The largest absolute Gasteiger partial charge is 0.383 e. The Kier molecular flexibility index (Phi) is 4.15. The summed E-state index contributed by atoms with van der Waals surface area (Å²) >= 11 is 3.28. The van der Waals surface area contributed by atoms with E-state index >= 15 is 0 Å².